The van der Waals surface area contributed by atoms with E-state index in [1.165, 1.54) is 12.0 Å². The zero-order valence-electron chi connectivity index (χ0n) is 9.32. The highest BCUT2D eigenvalue weighted by Crippen LogP contribution is 2.10. The van der Waals surface area contributed by atoms with Crippen LogP contribution in [0.4, 0.5) is 0 Å². The number of esters is 1. The lowest BCUT2D eigenvalue weighted by atomic mass is 10.0. The van der Waals surface area contributed by atoms with Crippen LogP contribution < -0.4 is 5.32 Å². The van der Waals surface area contributed by atoms with Gasteiger partial charge >= 0.3 is 5.97 Å². The molecule has 1 aromatic heterocycles. The number of thiophene rings is 1. The van der Waals surface area contributed by atoms with Crippen LogP contribution in [-0.2, 0) is 16.1 Å². The van der Waals surface area contributed by atoms with E-state index in [0.717, 1.165) is 6.54 Å². The highest BCUT2D eigenvalue weighted by Gasteiger charge is 2.21. The number of nitrogens with one attached hydrogen (secondary N) is 1. The molecule has 0 saturated heterocycles. The van der Waals surface area contributed by atoms with Crippen LogP contribution in [0.2, 0.25) is 0 Å². The van der Waals surface area contributed by atoms with Crippen molar-refractivity contribution in [2.24, 2.45) is 5.92 Å². The lowest BCUT2D eigenvalue weighted by Crippen LogP contribution is -2.41. The van der Waals surface area contributed by atoms with Gasteiger partial charge in [0.25, 0.3) is 0 Å². The molecule has 0 aromatic carbocycles. The van der Waals surface area contributed by atoms with Gasteiger partial charge in [-0.05, 0) is 17.4 Å². The van der Waals surface area contributed by atoms with E-state index < -0.39 is 0 Å². The zero-order chi connectivity index (χ0) is 11.3. The van der Waals surface area contributed by atoms with E-state index >= 15 is 0 Å². The van der Waals surface area contributed by atoms with E-state index in [0.29, 0.717) is 0 Å². The van der Waals surface area contributed by atoms with Gasteiger partial charge in [0.15, 0.2) is 0 Å². The fraction of sp³-hybridized carbons (Fsp3) is 0.545. The average Bonchev–Trinajstić information content (AvgIpc) is 2.70. The Morgan fingerprint density at radius 2 is 2.33 bits per heavy atom. The first-order valence-electron chi connectivity index (χ1n) is 4.98. The van der Waals surface area contributed by atoms with Crippen LogP contribution in [0.15, 0.2) is 17.5 Å². The lowest BCUT2D eigenvalue weighted by molar-refractivity contribution is -0.144. The molecular formula is C11H17NO2S. The summed E-state index contributed by atoms with van der Waals surface area (Å²) in [6.07, 6.45) is 0. The molecule has 1 rings (SSSR count). The molecule has 1 aromatic rings. The molecule has 1 atom stereocenters. The van der Waals surface area contributed by atoms with Crippen LogP contribution in [0, 0.1) is 5.92 Å². The maximum atomic E-state index is 11.4. The highest BCUT2D eigenvalue weighted by atomic mass is 32.1. The van der Waals surface area contributed by atoms with E-state index in [-0.39, 0.29) is 17.9 Å². The summed E-state index contributed by atoms with van der Waals surface area (Å²) in [7, 11) is 1.42. The zero-order valence-corrected chi connectivity index (χ0v) is 10.1. The molecule has 15 heavy (non-hydrogen) atoms. The molecule has 0 aliphatic heterocycles. The predicted octanol–water partition coefficient (Wildman–Crippen LogP) is 2.04. The Hall–Kier alpha value is -0.870. The van der Waals surface area contributed by atoms with E-state index in [1.807, 2.05) is 31.4 Å². The molecule has 84 valence electrons. The molecule has 0 aliphatic rings. The number of hydrogen-bond donors (Lipinski definition) is 1. The third-order valence-corrected chi connectivity index (χ3v) is 3.07. The van der Waals surface area contributed by atoms with E-state index in [4.69, 9.17) is 4.74 Å². The van der Waals surface area contributed by atoms with Crippen molar-refractivity contribution in [1.82, 2.24) is 5.32 Å². The van der Waals surface area contributed by atoms with Gasteiger partial charge in [-0.1, -0.05) is 19.9 Å². The van der Waals surface area contributed by atoms with Gasteiger partial charge in [-0.25, -0.2) is 0 Å². The Morgan fingerprint density at radius 3 is 2.80 bits per heavy atom. The molecule has 0 radical (unpaired) electrons. The minimum Gasteiger partial charge on any atom is -0.468 e. The maximum absolute atomic E-state index is 11.4. The second-order valence-electron chi connectivity index (χ2n) is 3.71. The molecule has 3 nitrogen and oxygen atoms in total. The van der Waals surface area contributed by atoms with Crippen LogP contribution >= 0.6 is 11.3 Å². The summed E-state index contributed by atoms with van der Waals surface area (Å²) in [6.45, 7) is 4.72. The second kappa shape index (κ2) is 5.88. The standard InChI is InChI=1S/C11H17NO2S/c1-8(2)10(11(13)14-3)12-7-9-5-4-6-15-9/h4-6,8,10,12H,7H2,1-3H3. The predicted molar refractivity (Wildman–Crippen MR) is 61.8 cm³/mol. The molecule has 1 heterocycles. The van der Waals surface area contributed by atoms with Crippen molar-refractivity contribution in [2.75, 3.05) is 7.11 Å². The van der Waals surface area contributed by atoms with Gasteiger partial charge in [0, 0.05) is 11.4 Å². The minimum atomic E-state index is -0.225. The van der Waals surface area contributed by atoms with Gasteiger partial charge < -0.3 is 4.74 Å². The van der Waals surface area contributed by atoms with Crippen molar-refractivity contribution in [3.8, 4) is 0 Å². The fourth-order valence-electron chi connectivity index (χ4n) is 1.34. The molecule has 4 heteroatoms. The van der Waals surface area contributed by atoms with Gasteiger partial charge in [0.2, 0.25) is 0 Å². The van der Waals surface area contributed by atoms with Crippen LogP contribution in [0.1, 0.15) is 18.7 Å². The van der Waals surface area contributed by atoms with E-state index in [1.54, 1.807) is 11.3 Å². The Morgan fingerprint density at radius 1 is 1.60 bits per heavy atom. The van der Waals surface area contributed by atoms with Gasteiger partial charge in [0.1, 0.15) is 6.04 Å². The van der Waals surface area contributed by atoms with Crippen molar-refractivity contribution in [3.63, 3.8) is 0 Å². The quantitative estimate of drug-likeness (QED) is 0.782. The molecule has 1 N–H and O–H groups in total. The molecule has 0 fully saturated rings. The fourth-order valence-corrected chi connectivity index (χ4v) is 2.00. The normalized spacial score (nSPS) is 12.8. The number of ether oxygens (including phenoxy) is 1. The summed E-state index contributed by atoms with van der Waals surface area (Å²) in [5.41, 5.74) is 0. The van der Waals surface area contributed by atoms with E-state index in [9.17, 15) is 4.79 Å². The summed E-state index contributed by atoms with van der Waals surface area (Å²) in [5, 5.41) is 5.24. The summed E-state index contributed by atoms with van der Waals surface area (Å²) in [4.78, 5) is 12.7. The van der Waals surface area contributed by atoms with Gasteiger partial charge in [-0.2, -0.15) is 0 Å². The van der Waals surface area contributed by atoms with E-state index in [2.05, 4.69) is 5.32 Å². The minimum absolute atomic E-state index is 0.193. The van der Waals surface area contributed by atoms with Crippen LogP contribution in [0.25, 0.3) is 0 Å². The van der Waals surface area contributed by atoms with Crippen LogP contribution in [0.3, 0.4) is 0 Å². The largest absolute Gasteiger partial charge is 0.468 e. The number of methoxy groups -OCH3 is 1. The Bertz CT molecular complexity index is 296. The molecular weight excluding hydrogens is 210 g/mol. The summed E-state index contributed by atoms with van der Waals surface area (Å²) >= 11 is 1.68. The summed E-state index contributed by atoms with van der Waals surface area (Å²) in [6, 6.07) is 3.83. The van der Waals surface area contributed by atoms with Crippen molar-refractivity contribution in [3.05, 3.63) is 22.4 Å². The third kappa shape index (κ3) is 3.64. The van der Waals surface area contributed by atoms with Gasteiger partial charge in [-0.3, -0.25) is 10.1 Å². The Kier molecular flexibility index (Phi) is 4.78. The average molecular weight is 227 g/mol. The Labute approximate surface area is 94.5 Å². The van der Waals surface area contributed by atoms with Crippen molar-refractivity contribution in [1.29, 1.82) is 0 Å². The third-order valence-electron chi connectivity index (χ3n) is 2.20. The van der Waals surface area contributed by atoms with Gasteiger partial charge in [-0.15, -0.1) is 11.3 Å². The van der Waals surface area contributed by atoms with Crippen LogP contribution in [0.5, 0.6) is 0 Å². The number of hydrogen-bond acceptors (Lipinski definition) is 4. The molecule has 0 bridgehead atoms. The highest BCUT2D eigenvalue weighted by molar-refractivity contribution is 7.09. The molecule has 0 spiro atoms. The SMILES string of the molecule is COC(=O)C(NCc1cccs1)C(C)C. The maximum Gasteiger partial charge on any atom is 0.323 e. The molecule has 1 unspecified atom stereocenters. The van der Waals surface area contributed by atoms with Gasteiger partial charge in [0.05, 0.1) is 7.11 Å². The lowest BCUT2D eigenvalue weighted by Gasteiger charge is -2.19. The number of carbonyl (C=O) groups excluding carboxylic acids is 1. The molecule has 0 amide bonds. The number of rotatable bonds is 5. The summed E-state index contributed by atoms with van der Waals surface area (Å²) < 4.78 is 4.75. The van der Waals surface area contributed by atoms with Crippen LogP contribution in [-0.4, -0.2) is 19.1 Å². The smallest absolute Gasteiger partial charge is 0.323 e. The first-order valence-corrected chi connectivity index (χ1v) is 5.86. The molecule has 0 aliphatic carbocycles. The Balaban J connectivity index is 2.49. The topological polar surface area (TPSA) is 38.3 Å². The first kappa shape index (κ1) is 12.2. The monoisotopic (exact) mass is 227 g/mol. The van der Waals surface area contributed by atoms with Crippen molar-refractivity contribution in [2.45, 2.75) is 26.4 Å². The second-order valence-corrected chi connectivity index (χ2v) is 4.74. The van der Waals surface area contributed by atoms with Crippen molar-refractivity contribution >= 4 is 17.3 Å². The summed E-state index contributed by atoms with van der Waals surface area (Å²) in [5.74, 6) is 0.0407. The van der Waals surface area contributed by atoms with Crippen molar-refractivity contribution < 1.29 is 9.53 Å². The first-order chi connectivity index (χ1) is 7.15. The molecule has 0 saturated carbocycles. The number of carbonyl (C=O) groups is 1.